The molecule has 3 N–H and O–H groups in total. The third-order valence-electron chi connectivity index (χ3n) is 1.82. The molecule has 0 fully saturated rings. The van der Waals surface area contributed by atoms with E-state index in [1.165, 1.54) is 11.8 Å². The third kappa shape index (κ3) is 4.08. The van der Waals surface area contributed by atoms with E-state index < -0.39 is 0 Å². The van der Waals surface area contributed by atoms with Gasteiger partial charge in [0.1, 0.15) is 5.82 Å². The van der Waals surface area contributed by atoms with Crippen LogP contribution >= 0.6 is 11.8 Å². The Morgan fingerprint density at radius 3 is 3.06 bits per heavy atom. The largest absolute Gasteiger partial charge is 0.477 e. The Hall–Kier alpha value is -1.27. The number of nitrogen functional groups attached to an aromatic ring is 1. The molecule has 6 heteroatoms. The molecule has 0 atom stereocenters. The Kier molecular flexibility index (Phi) is 5.66. The predicted molar refractivity (Wildman–Crippen MR) is 66.5 cm³/mol. The lowest BCUT2D eigenvalue weighted by molar-refractivity contribution is 0.297. The lowest BCUT2D eigenvalue weighted by Crippen LogP contribution is -2.10. The summed E-state index contributed by atoms with van der Waals surface area (Å²) in [6, 6.07) is 1.67. The molecule has 1 aromatic rings. The monoisotopic (exact) mass is 240 g/mol. The summed E-state index contributed by atoms with van der Waals surface area (Å²) < 4.78 is 5.49. The number of anilines is 1. The molecule has 0 spiro atoms. The normalized spacial score (nSPS) is 9.88. The Bertz CT molecular complexity index is 323. The molecule has 1 aromatic heterocycles. The van der Waals surface area contributed by atoms with Gasteiger partial charge in [-0.15, -0.1) is 6.58 Å². The van der Waals surface area contributed by atoms with Gasteiger partial charge < -0.3 is 10.2 Å². The van der Waals surface area contributed by atoms with Crippen LogP contribution in [0.4, 0.5) is 5.82 Å². The second-order valence-electron chi connectivity index (χ2n) is 3.00. The minimum Gasteiger partial charge on any atom is -0.477 e. The van der Waals surface area contributed by atoms with Crippen molar-refractivity contribution < 1.29 is 4.74 Å². The van der Waals surface area contributed by atoms with Crippen molar-refractivity contribution in [3.8, 4) is 5.88 Å². The second kappa shape index (κ2) is 7.08. The maximum absolute atomic E-state index is 5.49. The van der Waals surface area contributed by atoms with Crippen molar-refractivity contribution in [2.24, 2.45) is 5.84 Å². The zero-order chi connectivity index (χ0) is 11.8. The van der Waals surface area contributed by atoms with Crippen LogP contribution in [0.15, 0.2) is 23.9 Å². The summed E-state index contributed by atoms with van der Waals surface area (Å²) in [6.45, 7) is 4.26. The fraction of sp³-hybridized carbons (Fsp3) is 0.400. The van der Waals surface area contributed by atoms with Gasteiger partial charge in [0.25, 0.3) is 0 Å². The number of hydrazine groups is 1. The van der Waals surface area contributed by atoms with Crippen LogP contribution in [-0.4, -0.2) is 22.8 Å². The molecule has 0 saturated carbocycles. The minimum absolute atomic E-state index is 0.538. The van der Waals surface area contributed by atoms with E-state index in [0.717, 1.165) is 12.8 Å². The number of thioether (sulfide) groups is 1. The van der Waals surface area contributed by atoms with Gasteiger partial charge in [-0.2, -0.15) is 4.98 Å². The number of unbranched alkanes of at least 4 members (excludes halogenated alkanes) is 1. The summed E-state index contributed by atoms with van der Waals surface area (Å²) in [5.74, 6) is 6.39. The average Bonchev–Trinajstić information content (AvgIpc) is 2.34. The highest BCUT2D eigenvalue weighted by molar-refractivity contribution is 7.98. The summed E-state index contributed by atoms with van der Waals surface area (Å²) >= 11 is 1.44. The number of nitrogens with two attached hydrogens (primary N) is 1. The van der Waals surface area contributed by atoms with Crippen LogP contribution in [0.25, 0.3) is 0 Å². The van der Waals surface area contributed by atoms with Gasteiger partial charge >= 0.3 is 0 Å². The third-order valence-corrected chi connectivity index (χ3v) is 2.36. The topological polar surface area (TPSA) is 73.1 Å². The first-order chi connectivity index (χ1) is 7.80. The first kappa shape index (κ1) is 12.8. The SMILES string of the molecule is C=CCCCOc1cc(NN)nc(SC)n1. The molecule has 0 unspecified atom stereocenters. The fourth-order valence-electron chi connectivity index (χ4n) is 1.05. The standard InChI is InChI=1S/C10H16N4OS/c1-3-4-5-6-15-9-7-8(14-11)12-10(13-9)16-2/h3,7H,1,4-6,11H2,2H3,(H,12,13,14). The molecule has 1 rings (SSSR count). The van der Waals surface area contributed by atoms with Crippen LogP contribution in [0, 0.1) is 0 Å². The Morgan fingerprint density at radius 2 is 2.44 bits per heavy atom. The molecule has 0 radical (unpaired) electrons. The van der Waals surface area contributed by atoms with E-state index in [-0.39, 0.29) is 0 Å². The van der Waals surface area contributed by atoms with Crippen LogP contribution in [0.1, 0.15) is 12.8 Å². The predicted octanol–water partition coefficient (Wildman–Crippen LogP) is 1.83. The highest BCUT2D eigenvalue weighted by Crippen LogP contribution is 2.18. The summed E-state index contributed by atoms with van der Waals surface area (Å²) in [4.78, 5) is 8.34. The fourth-order valence-corrected chi connectivity index (χ4v) is 1.42. The van der Waals surface area contributed by atoms with Crippen LogP contribution < -0.4 is 16.0 Å². The first-order valence-corrected chi connectivity index (χ1v) is 6.16. The van der Waals surface area contributed by atoms with Gasteiger partial charge in [-0.1, -0.05) is 17.8 Å². The molecule has 1 heterocycles. The lowest BCUT2D eigenvalue weighted by atomic mass is 10.3. The molecule has 0 aliphatic heterocycles. The first-order valence-electron chi connectivity index (χ1n) is 4.93. The van der Waals surface area contributed by atoms with Crippen molar-refractivity contribution in [2.45, 2.75) is 18.0 Å². The van der Waals surface area contributed by atoms with Gasteiger partial charge in [-0.05, 0) is 19.1 Å². The summed E-state index contributed by atoms with van der Waals surface area (Å²) in [5.41, 5.74) is 2.48. The molecule has 0 aromatic carbocycles. The number of hydrogen-bond donors (Lipinski definition) is 2. The van der Waals surface area contributed by atoms with E-state index in [1.54, 1.807) is 6.07 Å². The van der Waals surface area contributed by atoms with E-state index in [2.05, 4.69) is 22.0 Å². The molecule has 0 bridgehead atoms. The van der Waals surface area contributed by atoms with Gasteiger partial charge in [0, 0.05) is 6.07 Å². The van der Waals surface area contributed by atoms with Crippen molar-refractivity contribution in [3.05, 3.63) is 18.7 Å². The smallest absolute Gasteiger partial charge is 0.219 e. The average molecular weight is 240 g/mol. The molecular formula is C10H16N4OS. The van der Waals surface area contributed by atoms with Crippen LogP contribution in [0.2, 0.25) is 0 Å². The Labute approximate surface area is 99.5 Å². The molecule has 0 aliphatic carbocycles. The van der Waals surface area contributed by atoms with Gasteiger partial charge in [-0.3, -0.25) is 0 Å². The van der Waals surface area contributed by atoms with Crippen LogP contribution in [-0.2, 0) is 0 Å². The van der Waals surface area contributed by atoms with Gasteiger partial charge in [-0.25, -0.2) is 10.8 Å². The van der Waals surface area contributed by atoms with E-state index >= 15 is 0 Å². The quantitative estimate of drug-likeness (QED) is 0.189. The summed E-state index contributed by atoms with van der Waals surface area (Å²) in [5, 5.41) is 0.633. The number of rotatable bonds is 7. The maximum Gasteiger partial charge on any atom is 0.219 e. The molecule has 5 nitrogen and oxygen atoms in total. The van der Waals surface area contributed by atoms with E-state index in [0.29, 0.717) is 23.5 Å². The maximum atomic E-state index is 5.49. The number of hydrogen-bond acceptors (Lipinski definition) is 6. The number of nitrogens with one attached hydrogen (secondary N) is 1. The Morgan fingerprint density at radius 1 is 1.62 bits per heavy atom. The van der Waals surface area contributed by atoms with E-state index in [1.807, 2.05) is 12.3 Å². The lowest BCUT2D eigenvalue weighted by Gasteiger charge is -2.07. The van der Waals surface area contributed by atoms with Crippen molar-refractivity contribution in [1.29, 1.82) is 0 Å². The number of nitrogens with zero attached hydrogens (tertiary/aromatic N) is 2. The molecule has 0 amide bonds. The van der Waals surface area contributed by atoms with Gasteiger partial charge in [0.05, 0.1) is 6.61 Å². The molecule has 88 valence electrons. The summed E-state index contributed by atoms with van der Waals surface area (Å²) in [7, 11) is 0. The molecular weight excluding hydrogens is 224 g/mol. The van der Waals surface area contributed by atoms with Gasteiger partial charge in [0.15, 0.2) is 5.16 Å². The van der Waals surface area contributed by atoms with Crippen LogP contribution in [0.3, 0.4) is 0 Å². The van der Waals surface area contributed by atoms with Crippen LogP contribution in [0.5, 0.6) is 5.88 Å². The van der Waals surface area contributed by atoms with Crippen molar-refractivity contribution >= 4 is 17.6 Å². The highest BCUT2D eigenvalue weighted by atomic mass is 32.2. The van der Waals surface area contributed by atoms with Gasteiger partial charge in [0.2, 0.25) is 5.88 Å². The Balaban J connectivity index is 2.60. The number of aromatic nitrogens is 2. The van der Waals surface area contributed by atoms with E-state index in [4.69, 9.17) is 10.6 Å². The minimum atomic E-state index is 0.538. The molecule has 16 heavy (non-hydrogen) atoms. The molecule has 0 aliphatic rings. The second-order valence-corrected chi connectivity index (χ2v) is 3.78. The van der Waals surface area contributed by atoms with Crippen molar-refractivity contribution in [1.82, 2.24) is 9.97 Å². The summed E-state index contributed by atoms with van der Waals surface area (Å²) in [6.07, 6.45) is 5.62. The zero-order valence-corrected chi connectivity index (χ0v) is 10.1. The number of ether oxygens (including phenoxy) is 1. The van der Waals surface area contributed by atoms with Crippen molar-refractivity contribution in [2.75, 3.05) is 18.3 Å². The van der Waals surface area contributed by atoms with E-state index in [9.17, 15) is 0 Å². The highest BCUT2D eigenvalue weighted by Gasteiger charge is 2.03. The number of allylic oxidation sites excluding steroid dienone is 1. The zero-order valence-electron chi connectivity index (χ0n) is 9.27. The molecule has 0 saturated heterocycles. The van der Waals surface area contributed by atoms with Crippen molar-refractivity contribution in [3.63, 3.8) is 0 Å².